The first-order chi connectivity index (χ1) is 9.72. The molecular formula is C16H20N2O2. The van der Waals surface area contributed by atoms with E-state index in [2.05, 4.69) is 35.9 Å². The molecule has 0 unspecified atom stereocenters. The molecule has 1 fully saturated rings. The zero-order chi connectivity index (χ0) is 13.9. The van der Waals surface area contributed by atoms with Gasteiger partial charge in [0.05, 0.1) is 18.9 Å². The molecule has 2 aromatic rings. The van der Waals surface area contributed by atoms with Gasteiger partial charge in [0.15, 0.2) is 0 Å². The molecule has 1 aliphatic heterocycles. The largest absolute Gasteiger partial charge is 0.444 e. The summed E-state index contributed by atoms with van der Waals surface area (Å²) >= 11 is 0. The molecule has 1 aromatic heterocycles. The van der Waals surface area contributed by atoms with E-state index in [4.69, 9.17) is 9.15 Å². The molecule has 20 heavy (non-hydrogen) atoms. The number of nitrogens with zero attached hydrogens (tertiary/aromatic N) is 2. The average Bonchev–Trinajstić information content (AvgIpc) is 2.91. The molecule has 1 saturated heterocycles. The van der Waals surface area contributed by atoms with E-state index >= 15 is 0 Å². The Morgan fingerprint density at radius 1 is 1.30 bits per heavy atom. The highest BCUT2D eigenvalue weighted by Crippen LogP contribution is 2.20. The number of morpholine rings is 1. The van der Waals surface area contributed by atoms with Crippen molar-refractivity contribution in [1.29, 1.82) is 0 Å². The van der Waals surface area contributed by atoms with E-state index in [9.17, 15) is 0 Å². The fourth-order valence-corrected chi connectivity index (χ4v) is 2.41. The number of hydrogen-bond donors (Lipinski definition) is 0. The van der Waals surface area contributed by atoms with Gasteiger partial charge in [-0.15, -0.1) is 0 Å². The Kier molecular flexibility index (Phi) is 3.85. The summed E-state index contributed by atoms with van der Waals surface area (Å²) in [5.41, 5.74) is 3.24. The van der Waals surface area contributed by atoms with Crippen molar-refractivity contribution in [3.63, 3.8) is 0 Å². The maximum absolute atomic E-state index is 5.60. The minimum atomic E-state index is 0.434. The molecule has 0 bridgehead atoms. The first-order valence-corrected chi connectivity index (χ1v) is 7.05. The molecule has 1 aromatic carbocycles. The topological polar surface area (TPSA) is 38.5 Å². The summed E-state index contributed by atoms with van der Waals surface area (Å²) in [5.74, 6) is 0.695. The summed E-state index contributed by atoms with van der Waals surface area (Å²) in [7, 11) is 0. The van der Waals surface area contributed by atoms with Crippen molar-refractivity contribution in [2.45, 2.75) is 26.4 Å². The normalized spacial score (nSPS) is 20.2. The van der Waals surface area contributed by atoms with Gasteiger partial charge in [-0.2, -0.15) is 0 Å². The lowest BCUT2D eigenvalue weighted by atomic mass is 10.1. The van der Waals surface area contributed by atoms with Crippen LogP contribution in [0.3, 0.4) is 0 Å². The summed E-state index contributed by atoms with van der Waals surface area (Å²) in [6, 6.07) is 8.67. The van der Waals surface area contributed by atoms with Crippen molar-refractivity contribution in [1.82, 2.24) is 9.88 Å². The quantitative estimate of drug-likeness (QED) is 0.861. The molecule has 0 aliphatic carbocycles. The standard InChI is InChI=1S/C16H20N2O2/c1-12-3-5-14(6-4-12)16-17-15(11-20-16)9-18-7-8-19-10-13(18)2/h3-6,11,13H,7-10H2,1-2H3/t13-/m0/s1. The van der Waals surface area contributed by atoms with Crippen LogP contribution in [0.1, 0.15) is 18.2 Å². The van der Waals surface area contributed by atoms with Crippen LogP contribution in [-0.2, 0) is 11.3 Å². The van der Waals surface area contributed by atoms with Crippen LogP contribution in [0.4, 0.5) is 0 Å². The smallest absolute Gasteiger partial charge is 0.226 e. The first kappa shape index (κ1) is 13.3. The highest BCUT2D eigenvalue weighted by molar-refractivity contribution is 5.53. The molecule has 0 N–H and O–H groups in total. The van der Waals surface area contributed by atoms with Crippen LogP contribution < -0.4 is 0 Å². The van der Waals surface area contributed by atoms with E-state index in [1.807, 2.05) is 12.1 Å². The Hall–Kier alpha value is -1.65. The molecule has 0 radical (unpaired) electrons. The van der Waals surface area contributed by atoms with Crippen LogP contribution in [-0.4, -0.2) is 35.7 Å². The van der Waals surface area contributed by atoms with Gasteiger partial charge in [0, 0.05) is 24.7 Å². The van der Waals surface area contributed by atoms with E-state index in [1.165, 1.54) is 5.56 Å². The van der Waals surface area contributed by atoms with E-state index < -0.39 is 0 Å². The fourth-order valence-electron chi connectivity index (χ4n) is 2.41. The van der Waals surface area contributed by atoms with Gasteiger partial charge in [-0.1, -0.05) is 17.7 Å². The van der Waals surface area contributed by atoms with Gasteiger partial charge in [-0.05, 0) is 26.0 Å². The predicted molar refractivity (Wildman–Crippen MR) is 77.4 cm³/mol. The van der Waals surface area contributed by atoms with Gasteiger partial charge in [-0.3, -0.25) is 4.90 Å². The van der Waals surface area contributed by atoms with Crippen LogP contribution in [0.25, 0.3) is 11.5 Å². The molecule has 3 rings (SSSR count). The minimum absolute atomic E-state index is 0.434. The summed E-state index contributed by atoms with van der Waals surface area (Å²) < 4.78 is 11.0. The summed E-state index contributed by atoms with van der Waals surface area (Å²) in [5, 5.41) is 0. The van der Waals surface area contributed by atoms with Crippen molar-refractivity contribution < 1.29 is 9.15 Å². The Morgan fingerprint density at radius 2 is 2.10 bits per heavy atom. The zero-order valence-corrected chi connectivity index (χ0v) is 12.0. The van der Waals surface area contributed by atoms with Crippen LogP contribution in [0.5, 0.6) is 0 Å². The van der Waals surface area contributed by atoms with E-state index in [0.29, 0.717) is 11.9 Å². The lowest BCUT2D eigenvalue weighted by Gasteiger charge is -2.32. The molecule has 0 saturated carbocycles. The van der Waals surface area contributed by atoms with Crippen molar-refractivity contribution in [3.8, 4) is 11.5 Å². The van der Waals surface area contributed by atoms with Gasteiger partial charge in [0.2, 0.25) is 5.89 Å². The van der Waals surface area contributed by atoms with E-state index in [0.717, 1.165) is 37.6 Å². The Morgan fingerprint density at radius 3 is 2.85 bits per heavy atom. The second-order valence-corrected chi connectivity index (χ2v) is 5.40. The molecule has 1 atom stereocenters. The zero-order valence-electron chi connectivity index (χ0n) is 12.0. The monoisotopic (exact) mass is 272 g/mol. The minimum Gasteiger partial charge on any atom is -0.444 e. The lowest BCUT2D eigenvalue weighted by molar-refractivity contribution is -0.00491. The summed E-state index contributed by atoms with van der Waals surface area (Å²) in [6.45, 7) is 7.62. The second kappa shape index (κ2) is 5.77. The average molecular weight is 272 g/mol. The number of oxazole rings is 1. The SMILES string of the molecule is Cc1ccc(-c2nc(CN3CCOC[C@@H]3C)co2)cc1. The van der Waals surface area contributed by atoms with Crippen LogP contribution in [0, 0.1) is 6.92 Å². The van der Waals surface area contributed by atoms with Crippen molar-refractivity contribution in [2.24, 2.45) is 0 Å². The van der Waals surface area contributed by atoms with Crippen LogP contribution >= 0.6 is 0 Å². The maximum Gasteiger partial charge on any atom is 0.226 e. The third-order valence-corrected chi connectivity index (χ3v) is 3.72. The van der Waals surface area contributed by atoms with Crippen molar-refractivity contribution in [2.75, 3.05) is 19.8 Å². The molecule has 1 aliphatic rings. The third-order valence-electron chi connectivity index (χ3n) is 3.72. The van der Waals surface area contributed by atoms with Gasteiger partial charge < -0.3 is 9.15 Å². The molecule has 0 spiro atoms. The highest BCUT2D eigenvalue weighted by Gasteiger charge is 2.20. The second-order valence-electron chi connectivity index (χ2n) is 5.40. The van der Waals surface area contributed by atoms with Crippen molar-refractivity contribution in [3.05, 3.63) is 41.8 Å². The molecule has 4 heteroatoms. The number of ether oxygens (including phenoxy) is 1. The Labute approximate surface area is 119 Å². The molecule has 4 nitrogen and oxygen atoms in total. The van der Waals surface area contributed by atoms with E-state index in [1.54, 1.807) is 6.26 Å². The summed E-state index contributed by atoms with van der Waals surface area (Å²) in [6.07, 6.45) is 1.76. The lowest BCUT2D eigenvalue weighted by Crippen LogP contribution is -2.42. The maximum atomic E-state index is 5.60. The van der Waals surface area contributed by atoms with Crippen LogP contribution in [0.2, 0.25) is 0 Å². The van der Waals surface area contributed by atoms with Gasteiger partial charge in [0.25, 0.3) is 0 Å². The molecule has 106 valence electrons. The van der Waals surface area contributed by atoms with E-state index in [-0.39, 0.29) is 0 Å². The third kappa shape index (κ3) is 2.92. The number of aromatic nitrogens is 1. The fraction of sp³-hybridized carbons (Fsp3) is 0.438. The predicted octanol–water partition coefficient (Wildman–Crippen LogP) is 2.87. The Balaban J connectivity index is 1.71. The number of rotatable bonds is 3. The highest BCUT2D eigenvalue weighted by atomic mass is 16.5. The summed E-state index contributed by atoms with van der Waals surface area (Å²) in [4.78, 5) is 6.96. The van der Waals surface area contributed by atoms with Gasteiger partial charge in [-0.25, -0.2) is 4.98 Å². The molecular weight excluding hydrogens is 252 g/mol. The van der Waals surface area contributed by atoms with Crippen molar-refractivity contribution >= 4 is 0 Å². The number of aryl methyl sites for hydroxylation is 1. The van der Waals surface area contributed by atoms with Crippen LogP contribution in [0.15, 0.2) is 34.9 Å². The number of hydrogen-bond acceptors (Lipinski definition) is 4. The Bertz CT molecular complexity index is 562. The van der Waals surface area contributed by atoms with Gasteiger partial charge >= 0.3 is 0 Å². The van der Waals surface area contributed by atoms with Gasteiger partial charge in [0.1, 0.15) is 6.26 Å². The number of benzene rings is 1. The molecule has 2 heterocycles. The first-order valence-electron chi connectivity index (χ1n) is 7.05. The molecule has 0 amide bonds.